The van der Waals surface area contributed by atoms with Gasteiger partial charge in [0.05, 0.1) is 0 Å². The van der Waals surface area contributed by atoms with E-state index < -0.39 is 0 Å². The quantitative estimate of drug-likeness (QED) is 0.615. The fraction of sp³-hybridized carbons (Fsp3) is 0.571. The lowest BCUT2D eigenvalue weighted by Crippen LogP contribution is -2.37. The van der Waals surface area contributed by atoms with Gasteiger partial charge in [-0.15, -0.1) is 0 Å². The zero-order valence-corrected chi connectivity index (χ0v) is 11.3. The fourth-order valence-electron chi connectivity index (χ4n) is 3.27. The van der Waals surface area contributed by atoms with Crippen LogP contribution in [0, 0.1) is 5.41 Å². The molecule has 102 valence electrons. The highest BCUT2D eigenvalue weighted by Gasteiger charge is 2.34. The molecule has 3 N–H and O–H groups in total. The molecule has 2 fully saturated rings. The number of pyridine rings is 1. The lowest BCUT2D eigenvalue weighted by Gasteiger charge is -2.26. The zero-order chi connectivity index (χ0) is 13.4. The summed E-state index contributed by atoms with van der Waals surface area (Å²) in [5.74, 6) is 0.990. The Hall–Kier alpha value is -1.62. The van der Waals surface area contributed by atoms with Crippen molar-refractivity contribution < 1.29 is 0 Å². The van der Waals surface area contributed by atoms with E-state index in [0.717, 1.165) is 24.9 Å². The van der Waals surface area contributed by atoms with Crippen LogP contribution < -0.4 is 10.6 Å². The molecule has 1 aromatic heterocycles. The number of nitrogen functional groups attached to an aromatic ring is 1. The molecular formula is C14H21N5. The van der Waals surface area contributed by atoms with Crippen LogP contribution in [0.15, 0.2) is 18.2 Å². The molecule has 2 aliphatic heterocycles. The van der Waals surface area contributed by atoms with Gasteiger partial charge in [0, 0.05) is 25.2 Å². The van der Waals surface area contributed by atoms with Crippen molar-refractivity contribution in [3.8, 4) is 0 Å². The molecule has 19 heavy (non-hydrogen) atoms. The summed E-state index contributed by atoms with van der Waals surface area (Å²) < 4.78 is 0. The average molecular weight is 259 g/mol. The molecule has 2 saturated heterocycles. The van der Waals surface area contributed by atoms with Gasteiger partial charge in [0.1, 0.15) is 17.3 Å². The molecule has 0 aromatic carbocycles. The van der Waals surface area contributed by atoms with Gasteiger partial charge in [0.2, 0.25) is 0 Å². The molecule has 0 amide bonds. The summed E-state index contributed by atoms with van der Waals surface area (Å²) in [6, 6.07) is 7.11. The molecule has 2 bridgehead atoms. The summed E-state index contributed by atoms with van der Waals surface area (Å²) in [4.78, 5) is 9.37. The molecule has 0 radical (unpaired) electrons. The maximum absolute atomic E-state index is 7.49. The van der Waals surface area contributed by atoms with Gasteiger partial charge in [-0.2, -0.15) is 0 Å². The first-order valence-corrected chi connectivity index (χ1v) is 6.93. The van der Waals surface area contributed by atoms with E-state index >= 15 is 0 Å². The van der Waals surface area contributed by atoms with Crippen LogP contribution in [-0.2, 0) is 0 Å². The Kier molecular flexibility index (Phi) is 3.14. The Morgan fingerprint density at radius 3 is 2.89 bits per heavy atom. The van der Waals surface area contributed by atoms with Crippen molar-refractivity contribution in [1.82, 2.24) is 9.88 Å². The van der Waals surface area contributed by atoms with Gasteiger partial charge in [0.25, 0.3) is 0 Å². The van der Waals surface area contributed by atoms with E-state index in [-0.39, 0.29) is 5.84 Å². The van der Waals surface area contributed by atoms with Crippen LogP contribution in [0.3, 0.4) is 0 Å². The van der Waals surface area contributed by atoms with Gasteiger partial charge < -0.3 is 10.6 Å². The second-order valence-corrected chi connectivity index (χ2v) is 5.58. The molecule has 0 aliphatic carbocycles. The first-order valence-electron chi connectivity index (χ1n) is 6.93. The topological polar surface area (TPSA) is 69.2 Å². The highest BCUT2D eigenvalue weighted by Crippen LogP contribution is 2.30. The third-order valence-electron chi connectivity index (χ3n) is 4.48. The van der Waals surface area contributed by atoms with Crippen LogP contribution in [0.25, 0.3) is 0 Å². The van der Waals surface area contributed by atoms with E-state index in [0.29, 0.717) is 11.7 Å². The van der Waals surface area contributed by atoms with E-state index in [2.05, 4.69) is 21.8 Å². The number of amidine groups is 1. The predicted octanol–water partition coefficient (Wildman–Crippen LogP) is 1.04. The predicted molar refractivity (Wildman–Crippen MR) is 76.7 cm³/mol. The Labute approximate surface area is 113 Å². The minimum atomic E-state index is 0.0373. The summed E-state index contributed by atoms with van der Waals surface area (Å²) in [6.45, 7) is 2.07. The van der Waals surface area contributed by atoms with Crippen LogP contribution in [-0.4, -0.2) is 47.9 Å². The van der Waals surface area contributed by atoms with Gasteiger partial charge in [-0.1, -0.05) is 6.07 Å². The summed E-state index contributed by atoms with van der Waals surface area (Å²) in [5.41, 5.74) is 6.09. The first kappa shape index (κ1) is 12.4. The maximum Gasteiger partial charge on any atom is 0.141 e. The Morgan fingerprint density at radius 2 is 2.11 bits per heavy atom. The number of nitrogens with two attached hydrogens (primary N) is 1. The van der Waals surface area contributed by atoms with Crippen molar-refractivity contribution in [2.45, 2.75) is 31.3 Å². The number of likely N-dealkylation sites (N-methyl/N-ethyl adjacent to an activating group) is 1. The molecule has 0 saturated carbocycles. The molecule has 2 aliphatic rings. The second kappa shape index (κ2) is 4.81. The Bertz CT molecular complexity index is 486. The third-order valence-corrected chi connectivity index (χ3v) is 4.48. The van der Waals surface area contributed by atoms with Gasteiger partial charge >= 0.3 is 0 Å². The molecular weight excluding hydrogens is 238 g/mol. The zero-order valence-electron chi connectivity index (χ0n) is 11.3. The number of nitrogens with one attached hydrogen (secondary N) is 1. The van der Waals surface area contributed by atoms with E-state index in [9.17, 15) is 0 Å². The van der Waals surface area contributed by atoms with Crippen molar-refractivity contribution in [3.05, 3.63) is 23.9 Å². The second-order valence-electron chi connectivity index (χ2n) is 5.58. The van der Waals surface area contributed by atoms with Gasteiger partial charge in [-0.05, 0) is 38.4 Å². The van der Waals surface area contributed by atoms with E-state index in [4.69, 9.17) is 11.1 Å². The van der Waals surface area contributed by atoms with Gasteiger partial charge in [0.15, 0.2) is 0 Å². The molecule has 3 heterocycles. The summed E-state index contributed by atoms with van der Waals surface area (Å²) >= 11 is 0. The lowest BCUT2D eigenvalue weighted by molar-refractivity contribution is 0.254. The van der Waals surface area contributed by atoms with Crippen LogP contribution >= 0.6 is 0 Å². The number of fused-ring (bicyclic) bond motifs is 2. The largest absolute Gasteiger partial charge is 0.382 e. The monoisotopic (exact) mass is 259 g/mol. The summed E-state index contributed by atoms with van der Waals surface area (Å²) in [7, 11) is 2.24. The van der Waals surface area contributed by atoms with Crippen LogP contribution in [0.4, 0.5) is 5.82 Å². The van der Waals surface area contributed by atoms with E-state index in [1.54, 1.807) is 6.07 Å². The lowest BCUT2D eigenvalue weighted by atomic mass is 10.1. The number of hydrogen-bond donors (Lipinski definition) is 2. The summed E-state index contributed by atoms with van der Waals surface area (Å²) in [6.07, 6.45) is 3.80. The average Bonchev–Trinajstić information content (AvgIpc) is 2.63. The van der Waals surface area contributed by atoms with Gasteiger partial charge in [-0.3, -0.25) is 10.3 Å². The number of nitrogens with zero attached hydrogens (tertiary/aromatic N) is 3. The molecule has 2 atom stereocenters. The Balaban J connectivity index is 1.82. The maximum atomic E-state index is 7.49. The highest BCUT2D eigenvalue weighted by atomic mass is 15.3. The van der Waals surface area contributed by atoms with Crippen molar-refractivity contribution in [2.75, 3.05) is 25.0 Å². The van der Waals surface area contributed by atoms with Crippen molar-refractivity contribution in [1.29, 1.82) is 5.41 Å². The van der Waals surface area contributed by atoms with Crippen LogP contribution in [0.2, 0.25) is 0 Å². The molecule has 2 unspecified atom stereocenters. The first-order chi connectivity index (χ1) is 9.15. The number of hydrogen-bond acceptors (Lipinski definition) is 4. The Morgan fingerprint density at radius 1 is 1.32 bits per heavy atom. The van der Waals surface area contributed by atoms with Crippen molar-refractivity contribution >= 4 is 11.7 Å². The van der Waals surface area contributed by atoms with Crippen LogP contribution in [0.5, 0.6) is 0 Å². The number of aromatic nitrogens is 1. The SMILES string of the molecule is CN1C2CCC1CN(c1cccc(C(=N)N)n1)CC2. The normalized spacial score (nSPS) is 27.3. The molecule has 1 aromatic rings. The smallest absolute Gasteiger partial charge is 0.141 e. The fourth-order valence-corrected chi connectivity index (χ4v) is 3.27. The standard InChI is InChI=1S/C14H21N5/c1-18-10-5-6-11(18)9-19(8-7-10)13-4-2-3-12(17-13)14(15)16/h2-4,10-11H,5-9H2,1H3,(H3,15,16). The van der Waals surface area contributed by atoms with Crippen molar-refractivity contribution in [2.24, 2.45) is 5.73 Å². The molecule has 0 spiro atoms. The minimum absolute atomic E-state index is 0.0373. The van der Waals surface area contributed by atoms with Gasteiger partial charge in [-0.25, -0.2) is 4.98 Å². The van der Waals surface area contributed by atoms with Crippen molar-refractivity contribution in [3.63, 3.8) is 0 Å². The molecule has 5 heteroatoms. The molecule has 3 rings (SSSR count). The minimum Gasteiger partial charge on any atom is -0.382 e. The third kappa shape index (κ3) is 2.30. The highest BCUT2D eigenvalue weighted by molar-refractivity contribution is 5.93. The molecule has 5 nitrogen and oxygen atoms in total. The summed E-state index contributed by atoms with van der Waals surface area (Å²) in [5, 5.41) is 7.49. The van der Waals surface area contributed by atoms with E-state index in [1.807, 2.05) is 12.1 Å². The van der Waals surface area contributed by atoms with Crippen LogP contribution in [0.1, 0.15) is 25.0 Å². The van der Waals surface area contributed by atoms with E-state index in [1.165, 1.54) is 19.3 Å². The number of anilines is 1. The number of rotatable bonds is 2.